The average molecular weight is 405 g/mol. The van der Waals surface area contributed by atoms with Crippen molar-refractivity contribution >= 4 is 11.9 Å². The molecule has 2 atom stereocenters. The van der Waals surface area contributed by atoms with Crippen LogP contribution in [0.4, 0.5) is 8.78 Å². The van der Waals surface area contributed by atoms with Crippen molar-refractivity contribution in [2.75, 3.05) is 13.1 Å². The highest BCUT2D eigenvalue weighted by atomic mass is 19.1. The topological polar surface area (TPSA) is 95.7 Å². The average Bonchev–Trinajstić information content (AvgIpc) is 3.11. The minimum absolute atomic E-state index is 0.0118. The Hall–Kier alpha value is -2.81. The monoisotopic (exact) mass is 405 g/mol. The second-order valence-corrected chi connectivity index (χ2v) is 7.59. The minimum Gasteiger partial charge on any atom is -0.481 e. The maximum absolute atomic E-state index is 13.9. The number of carboxylic acid groups (broad SMARTS) is 1. The Labute approximate surface area is 165 Å². The van der Waals surface area contributed by atoms with Crippen LogP contribution in [0.3, 0.4) is 0 Å². The number of hydrogen-bond donors (Lipinski definition) is 2. The number of carbonyl (C=O) groups excluding carboxylic acids is 1. The van der Waals surface area contributed by atoms with Gasteiger partial charge in [0.05, 0.1) is 11.5 Å². The van der Waals surface area contributed by atoms with Crippen molar-refractivity contribution < 1.29 is 28.0 Å². The summed E-state index contributed by atoms with van der Waals surface area (Å²) in [6.07, 6.45) is 3.87. The van der Waals surface area contributed by atoms with Crippen molar-refractivity contribution in [1.29, 1.82) is 0 Å². The molecular weight excluding hydrogens is 384 g/mol. The van der Waals surface area contributed by atoms with E-state index in [1.165, 1.54) is 18.6 Å². The predicted molar refractivity (Wildman–Crippen MR) is 98.1 cm³/mol. The van der Waals surface area contributed by atoms with Crippen molar-refractivity contribution in [2.24, 2.45) is 5.92 Å². The first-order valence-corrected chi connectivity index (χ1v) is 9.62. The minimum atomic E-state index is -0.950. The fraction of sp³-hybridized carbons (Fsp3) is 0.450. The third-order valence-corrected chi connectivity index (χ3v) is 5.81. The van der Waals surface area contributed by atoms with Gasteiger partial charge in [-0.2, -0.15) is 0 Å². The van der Waals surface area contributed by atoms with Gasteiger partial charge in [0.1, 0.15) is 11.6 Å². The maximum atomic E-state index is 13.9. The van der Waals surface area contributed by atoms with E-state index in [-0.39, 0.29) is 17.0 Å². The molecule has 1 aromatic carbocycles. The van der Waals surface area contributed by atoms with Crippen LogP contribution in [0.2, 0.25) is 0 Å². The van der Waals surface area contributed by atoms with Crippen LogP contribution in [0.1, 0.15) is 36.2 Å². The highest BCUT2D eigenvalue weighted by molar-refractivity contribution is 5.93. The van der Waals surface area contributed by atoms with Crippen LogP contribution in [0.15, 0.2) is 28.8 Å². The number of piperidine rings is 1. The third kappa shape index (κ3) is 4.00. The van der Waals surface area contributed by atoms with E-state index in [1.807, 2.05) is 0 Å². The highest BCUT2D eigenvalue weighted by Crippen LogP contribution is 2.30. The number of hydrogen-bond acceptors (Lipinski definition) is 5. The van der Waals surface area contributed by atoms with E-state index in [9.17, 15) is 23.5 Å². The zero-order chi connectivity index (χ0) is 20.5. The molecule has 4 rings (SSSR count). The van der Waals surface area contributed by atoms with Crippen molar-refractivity contribution in [3.8, 4) is 11.3 Å². The van der Waals surface area contributed by atoms with Crippen LogP contribution in [0.25, 0.3) is 11.3 Å². The first kappa shape index (κ1) is 19.5. The van der Waals surface area contributed by atoms with Gasteiger partial charge in [0.2, 0.25) is 0 Å². The van der Waals surface area contributed by atoms with Crippen molar-refractivity contribution in [2.45, 2.75) is 37.8 Å². The first-order chi connectivity index (χ1) is 13.9. The van der Waals surface area contributed by atoms with Gasteiger partial charge in [0.15, 0.2) is 11.5 Å². The van der Waals surface area contributed by atoms with Crippen LogP contribution < -0.4 is 5.32 Å². The Kier molecular flexibility index (Phi) is 5.31. The lowest BCUT2D eigenvalue weighted by atomic mass is 9.85. The predicted octanol–water partition coefficient (Wildman–Crippen LogP) is 2.68. The Balaban J connectivity index is 1.44. The summed E-state index contributed by atoms with van der Waals surface area (Å²) in [5.74, 6) is -3.82. The number of amides is 1. The number of aromatic nitrogens is 1. The fourth-order valence-corrected chi connectivity index (χ4v) is 3.92. The molecule has 154 valence electrons. The summed E-state index contributed by atoms with van der Waals surface area (Å²) in [4.78, 5) is 26.5. The molecule has 2 aromatic rings. The first-order valence-electron chi connectivity index (χ1n) is 9.62. The maximum Gasteiger partial charge on any atom is 0.309 e. The zero-order valence-corrected chi connectivity index (χ0v) is 15.6. The highest BCUT2D eigenvalue weighted by Gasteiger charge is 2.39. The summed E-state index contributed by atoms with van der Waals surface area (Å²) in [6, 6.07) is 4.16. The molecule has 1 saturated heterocycles. The summed E-state index contributed by atoms with van der Waals surface area (Å²) in [5, 5.41) is 16.0. The van der Waals surface area contributed by atoms with E-state index < -0.39 is 35.5 Å². The SMILES string of the molecule is O=C(N[C@@H]1CCN(C2CCC2)C[C@H]1C(=O)O)c1cc(-c2ccc(F)cc2F)on1. The van der Waals surface area contributed by atoms with Gasteiger partial charge in [0.25, 0.3) is 5.91 Å². The summed E-state index contributed by atoms with van der Waals surface area (Å²) in [7, 11) is 0. The molecular formula is C20H21F2N3O4. The molecule has 29 heavy (non-hydrogen) atoms. The van der Waals surface area contributed by atoms with E-state index >= 15 is 0 Å². The molecule has 1 aromatic heterocycles. The summed E-state index contributed by atoms with van der Waals surface area (Å²) < 4.78 is 32.0. The molecule has 1 saturated carbocycles. The van der Waals surface area contributed by atoms with Crippen LogP contribution in [0.5, 0.6) is 0 Å². The van der Waals surface area contributed by atoms with Crippen LogP contribution in [-0.2, 0) is 4.79 Å². The molecule has 2 N–H and O–H groups in total. The molecule has 2 aliphatic rings. The Morgan fingerprint density at radius 1 is 1.21 bits per heavy atom. The Morgan fingerprint density at radius 2 is 2.00 bits per heavy atom. The second-order valence-electron chi connectivity index (χ2n) is 7.59. The lowest BCUT2D eigenvalue weighted by Gasteiger charge is -2.44. The summed E-state index contributed by atoms with van der Waals surface area (Å²) in [6.45, 7) is 1.13. The molecule has 2 heterocycles. The second kappa shape index (κ2) is 7.90. The molecule has 9 heteroatoms. The molecule has 1 amide bonds. The number of carboxylic acids is 1. The molecule has 7 nitrogen and oxygen atoms in total. The number of halogens is 2. The number of carbonyl (C=O) groups is 2. The number of benzene rings is 1. The molecule has 1 aliphatic heterocycles. The summed E-state index contributed by atoms with van der Waals surface area (Å²) >= 11 is 0. The smallest absolute Gasteiger partial charge is 0.309 e. The number of likely N-dealkylation sites (tertiary alicyclic amines) is 1. The third-order valence-electron chi connectivity index (χ3n) is 5.81. The van der Waals surface area contributed by atoms with Gasteiger partial charge in [-0.3, -0.25) is 14.5 Å². The normalized spacial score (nSPS) is 22.8. The largest absolute Gasteiger partial charge is 0.481 e. The van der Waals surface area contributed by atoms with Gasteiger partial charge < -0.3 is 14.9 Å². The molecule has 0 spiro atoms. The van der Waals surface area contributed by atoms with Crippen molar-refractivity contribution in [3.05, 3.63) is 41.6 Å². The molecule has 1 aliphatic carbocycles. The van der Waals surface area contributed by atoms with Gasteiger partial charge >= 0.3 is 5.97 Å². The van der Waals surface area contributed by atoms with Crippen LogP contribution in [-0.4, -0.2) is 52.2 Å². The van der Waals surface area contributed by atoms with Crippen molar-refractivity contribution in [3.63, 3.8) is 0 Å². The zero-order valence-electron chi connectivity index (χ0n) is 15.6. The van der Waals surface area contributed by atoms with Gasteiger partial charge in [-0.05, 0) is 31.4 Å². The lowest BCUT2D eigenvalue weighted by Crippen LogP contribution is -2.56. The number of nitrogens with one attached hydrogen (secondary N) is 1. The quantitative estimate of drug-likeness (QED) is 0.794. The molecule has 0 bridgehead atoms. The van der Waals surface area contributed by atoms with Gasteiger partial charge in [0, 0.05) is 37.3 Å². The molecule has 2 fully saturated rings. The standard InChI is InChI=1S/C20H21F2N3O4/c21-11-4-5-13(15(22)8-11)18-9-17(24-29-18)19(26)23-16-6-7-25(12-2-1-3-12)10-14(16)20(27)28/h4-5,8-9,12,14,16H,1-3,6-7,10H2,(H,23,26)(H,27,28)/t14-,16-/m1/s1. The van der Waals surface area contributed by atoms with Crippen molar-refractivity contribution in [1.82, 2.24) is 15.4 Å². The number of aliphatic carboxylic acids is 1. The number of rotatable bonds is 5. The van der Waals surface area contributed by atoms with E-state index in [4.69, 9.17) is 4.52 Å². The van der Waals surface area contributed by atoms with Gasteiger partial charge in [-0.15, -0.1) is 0 Å². The van der Waals surface area contributed by atoms with Crippen LogP contribution >= 0.6 is 0 Å². The Bertz CT molecular complexity index is 928. The Morgan fingerprint density at radius 3 is 2.66 bits per heavy atom. The van der Waals surface area contributed by atoms with Gasteiger partial charge in [-0.1, -0.05) is 11.6 Å². The summed E-state index contributed by atoms with van der Waals surface area (Å²) in [5.41, 5.74) is -0.107. The molecule has 0 radical (unpaired) electrons. The van der Waals surface area contributed by atoms with E-state index in [1.54, 1.807) is 0 Å². The van der Waals surface area contributed by atoms with E-state index in [2.05, 4.69) is 15.4 Å². The van der Waals surface area contributed by atoms with E-state index in [0.29, 0.717) is 25.1 Å². The molecule has 0 unspecified atom stereocenters. The van der Waals surface area contributed by atoms with Crippen LogP contribution in [0, 0.1) is 17.6 Å². The fourth-order valence-electron chi connectivity index (χ4n) is 3.92. The number of nitrogens with zero attached hydrogens (tertiary/aromatic N) is 2. The van der Waals surface area contributed by atoms with E-state index in [0.717, 1.165) is 25.5 Å². The lowest BCUT2D eigenvalue weighted by molar-refractivity contribution is -0.145. The van der Waals surface area contributed by atoms with Gasteiger partial charge in [-0.25, -0.2) is 8.78 Å².